The number of hydrogen-bond acceptors (Lipinski definition) is 5. The van der Waals surface area contributed by atoms with Crippen molar-refractivity contribution in [1.82, 2.24) is 24.7 Å². The molecule has 0 saturated carbocycles. The summed E-state index contributed by atoms with van der Waals surface area (Å²) in [6, 6.07) is 1.79. The minimum atomic E-state index is 0.0707. The Hall–Kier alpha value is -2.15. The zero-order chi connectivity index (χ0) is 16.4. The van der Waals surface area contributed by atoms with Gasteiger partial charge in [0.15, 0.2) is 0 Å². The smallest absolute Gasteiger partial charge is 0.272 e. The van der Waals surface area contributed by atoms with Crippen molar-refractivity contribution >= 4 is 5.91 Å². The van der Waals surface area contributed by atoms with Gasteiger partial charge in [-0.1, -0.05) is 5.16 Å². The highest BCUT2D eigenvalue weighted by molar-refractivity contribution is 5.92. The third-order valence-electron chi connectivity index (χ3n) is 4.46. The van der Waals surface area contributed by atoms with Crippen molar-refractivity contribution in [3.8, 4) is 0 Å². The monoisotopic (exact) mass is 317 g/mol. The Morgan fingerprint density at radius 3 is 2.61 bits per heavy atom. The molecule has 2 aromatic heterocycles. The topological polar surface area (TPSA) is 67.4 Å². The molecule has 7 nitrogen and oxygen atoms in total. The molecule has 0 unspecified atom stereocenters. The Labute approximate surface area is 135 Å². The number of nitrogens with zero attached hydrogens (tertiary/aromatic N) is 5. The second-order valence-corrected chi connectivity index (χ2v) is 5.90. The maximum Gasteiger partial charge on any atom is 0.272 e. The molecule has 23 heavy (non-hydrogen) atoms. The second-order valence-electron chi connectivity index (χ2n) is 5.90. The summed E-state index contributed by atoms with van der Waals surface area (Å²) in [5, 5.41) is 8.18. The van der Waals surface area contributed by atoms with Crippen LogP contribution in [-0.4, -0.2) is 56.8 Å². The molecule has 0 atom stereocenters. The Morgan fingerprint density at radius 1 is 1.26 bits per heavy atom. The van der Waals surface area contributed by atoms with Crippen LogP contribution >= 0.6 is 0 Å². The quantitative estimate of drug-likeness (QED) is 0.854. The van der Waals surface area contributed by atoms with Crippen LogP contribution in [0.2, 0.25) is 0 Å². The van der Waals surface area contributed by atoms with E-state index in [2.05, 4.69) is 15.2 Å². The Balaban J connectivity index is 1.59. The predicted molar refractivity (Wildman–Crippen MR) is 85.1 cm³/mol. The first-order valence-electron chi connectivity index (χ1n) is 8.05. The number of aryl methyl sites for hydroxylation is 3. The fourth-order valence-electron chi connectivity index (χ4n) is 2.99. The summed E-state index contributed by atoms with van der Waals surface area (Å²) in [5.74, 6) is 0.953. The zero-order valence-corrected chi connectivity index (χ0v) is 13.9. The average Bonchev–Trinajstić information content (AvgIpc) is 3.16. The molecule has 7 heteroatoms. The lowest BCUT2D eigenvalue weighted by molar-refractivity contribution is 0.0615. The van der Waals surface area contributed by atoms with Crippen LogP contribution in [0.4, 0.5) is 0 Å². The molecule has 0 spiro atoms. The summed E-state index contributed by atoms with van der Waals surface area (Å²) in [5.41, 5.74) is 2.79. The number of hydrogen-bond donors (Lipinski definition) is 0. The van der Waals surface area contributed by atoms with Crippen molar-refractivity contribution in [3.05, 3.63) is 35.0 Å². The third-order valence-corrected chi connectivity index (χ3v) is 4.46. The minimum Gasteiger partial charge on any atom is -0.361 e. The van der Waals surface area contributed by atoms with Crippen molar-refractivity contribution in [2.24, 2.45) is 0 Å². The van der Waals surface area contributed by atoms with E-state index >= 15 is 0 Å². The van der Waals surface area contributed by atoms with Crippen LogP contribution in [0.25, 0.3) is 0 Å². The molecule has 0 aromatic carbocycles. The van der Waals surface area contributed by atoms with Crippen LogP contribution in [0.3, 0.4) is 0 Å². The highest BCUT2D eigenvalue weighted by Crippen LogP contribution is 2.17. The summed E-state index contributed by atoms with van der Waals surface area (Å²) in [7, 11) is 0. The SMILES string of the molecule is CCn1nccc1C(=O)N1CCN(Cc2c(C)noc2C)CC1. The van der Waals surface area contributed by atoms with Crippen LogP contribution in [-0.2, 0) is 13.1 Å². The lowest BCUT2D eigenvalue weighted by Gasteiger charge is -2.34. The summed E-state index contributed by atoms with van der Waals surface area (Å²) in [6.45, 7) is 10.6. The molecule has 3 heterocycles. The summed E-state index contributed by atoms with van der Waals surface area (Å²) in [4.78, 5) is 16.8. The van der Waals surface area contributed by atoms with Gasteiger partial charge in [0.1, 0.15) is 11.5 Å². The van der Waals surface area contributed by atoms with E-state index in [1.807, 2.05) is 25.7 Å². The fraction of sp³-hybridized carbons (Fsp3) is 0.562. The van der Waals surface area contributed by atoms with E-state index in [9.17, 15) is 4.79 Å². The van der Waals surface area contributed by atoms with Gasteiger partial charge in [-0.05, 0) is 26.8 Å². The predicted octanol–water partition coefficient (Wildman–Crippen LogP) is 1.47. The number of amides is 1. The van der Waals surface area contributed by atoms with E-state index in [1.54, 1.807) is 16.9 Å². The fourth-order valence-corrected chi connectivity index (χ4v) is 2.99. The van der Waals surface area contributed by atoms with E-state index in [4.69, 9.17) is 4.52 Å². The zero-order valence-electron chi connectivity index (χ0n) is 13.9. The Kier molecular flexibility index (Phi) is 4.47. The average molecular weight is 317 g/mol. The molecule has 0 aliphatic carbocycles. The Bertz CT molecular complexity index is 663. The van der Waals surface area contributed by atoms with E-state index in [-0.39, 0.29) is 5.91 Å². The van der Waals surface area contributed by atoms with Crippen molar-refractivity contribution in [1.29, 1.82) is 0 Å². The van der Waals surface area contributed by atoms with Crippen LogP contribution in [0.15, 0.2) is 16.8 Å². The van der Waals surface area contributed by atoms with Crippen LogP contribution in [0.5, 0.6) is 0 Å². The van der Waals surface area contributed by atoms with Crippen molar-refractivity contribution in [3.63, 3.8) is 0 Å². The highest BCUT2D eigenvalue weighted by Gasteiger charge is 2.25. The van der Waals surface area contributed by atoms with Crippen molar-refractivity contribution < 1.29 is 9.32 Å². The summed E-state index contributed by atoms with van der Waals surface area (Å²) in [6.07, 6.45) is 1.68. The van der Waals surface area contributed by atoms with Gasteiger partial charge in [-0.3, -0.25) is 14.4 Å². The molecule has 1 aliphatic heterocycles. The lowest BCUT2D eigenvalue weighted by Crippen LogP contribution is -2.48. The summed E-state index contributed by atoms with van der Waals surface area (Å²) >= 11 is 0. The molecular weight excluding hydrogens is 294 g/mol. The third kappa shape index (κ3) is 3.14. The molecule has 3 rings (SSSR count). The number of rotatable bonds is 4. The van der Waals surface area contributed by atoms with Crippen LogP contribution in [0, 0.1) is 13.8 Å². The summed E-state index contributed by atoms with van der Waals surface area (Å²) < 4.78 is 6.97. The van der Waals surface area contributed by atoms with Gasteiger partial charge in [-0.15, -0.1) is 0 Å². The lowest BCUT2D eigenvalue weighted by atomic mass is 10.1. The van der Waals surface area contributed by atoms with Gasteiger partial charge in [-0.25, -0.2) is 0 Å². The Morgan fingerprint density at radius 2 is 2.00 bits per heavy atom. The highest BCUT2D eigenvalue weighted by atomic mass is 16.5. The first-order valence-corrected chi connectivity index (χ1v) is 8.05. The van der Waals surface area contributed by atoms with E-state index in [0.717, 1.165) is 49.7 Å². The molecule has 2 aromatic rings. The largest absolute Gasteiger partial charge is 0.361 e. The molecule has 1 fully saturated rings. The van der Waals surface area contributed by atoms with Gasteiger partial charge in [0.25, 0.3) is 5.91 Å². The van der Waals surface area contributed by atoms with Gasteiger partial charge in [0.2, 0.25) is 0 Å². The van der Waals surface area contributed by atoms with E-state index in [0.29, 0.717) is 12.2 Å². The van der Waals surface area contributed by atoms with E-state index < -0.39 is 0 Å². The number of aromatic nitrogens is 3. The van der Waals surface area contributed by atoms with Gasteiger partial charge >= 0.3 is 0 Å². The minimum absolute atomic E-state index is 0.0707. The van der Waals surface area contributed by atoms with Gasteiger partial charge in [0, 0.05) is 51.0 Å². The van der Waals surface area contributed by atoms with Crippen LogP contribution in [0.1, 0.15) is 34.4 Å². The molecule has 0 N–H and O–H groups in total. The first kappa shape index (κ1) is 15.7. The number of carbonyl (C=O) groups is 1. The molecule has 1 aliphatic rings. The first-order chi connectivity index (χ1) is 11.1. The number of piperazine rings is 1. The molecular formula is C16H23N5O2. The van der Waals surface area contributed by atoms with Gasteiger partial charge < -0.3 is 9.42 Å². The van der Waals surface area contributed by atoms with Crippen LogP contribution < -0.4 is 0 Å². The van der Waals surface area contributed by atoms with Crippen molar-refractivity contribution in [2.75, 3.05) is 26.2 Å². The molecule has 1 saturated heterocycles. The van der Waals surface area contributed by atoms with Gasteiger partial charge in [-0.2, -0.15) is 5.10 Å². The maximum absolute atomic E-state index is 12.6. The molecule has 1 amide bonds. The van der Waals surface area contributed by atoms with Gasteiger partial charge in [0.05, 0.1) is 5.69 Å². The maximum atomic E-state index is 12.6. The molecule has 0 radical (unpaired) electrons. The number of carbonyl (C=O) groups excluding carboxylic acids is 1. The molecule has 0 bridgehead atoms. The second kappa shape index (κ2) is 6.54. The molecule has 124 valence electrons. The normalized spacial score (nSPS) is 16.0. The van der Waals surface area contributed by atoms with E-state index in [1.165, 1.54) is 0 Å². The van der Waals surface area contributed by atoms with Crippen molar-refractivity contribution in [2.45, 2.75) is 33.9 Å². The standard InChI is InChI=1S/C16H23N5O2/c1-4-21-15(5-6-17-21)16(22)20-9-7-19(8-10-20)11-14-12(2)18-23-13(14)3/h5-6H,4,7-11H2,1-3H3.